The van der Waals surface area contributed by atoms with Crippen LogP contribution in [-0.4, -0.2) is 25.7 Å². The summed E-state index contributed by atoms with van der Waals surface area (Å²) >= 11 is 0. The van der Waals surface area contributed by atoms with Gasteiger partial charge < -0.3 is 0 Å². The minimum atomic E-state index is 0.0464. The van der Waals surface area contributed by atoms with Gasteiger partial charge in [0.05, 0.1) is 0 Å². The predicted molar refractivity (Wildman–Crippen MR) is 96.8 cm³/mol. The van der Waals surface area contributed by atoms with Crippen LogP contribution in [0.2, 0.25) is 0 Å². The molecule has 0 heterocycles. The van der Waals surface area contributed by atoms with Gasteiger partial charge in [0.15, 0.2) is 0 Å². The van der Waals surface area contributed by atoms with Gasteiger partial charge in [-0.3, -0.25) is 0 Å². The van der Waals surface area contributed by atoms with Gasteiger partial charge in [-0.15, -0.1) is 0 Å². The Morgan fingerprint density at radius 3 is 1.30 bits per heavy atom. The first kappa shape index (κ1) is 15.7. The number of rotatable bonds is 7. The summed E-state index contributed by atoms with van der Waals surface area (Å²) in [5.41, 5.74) is 0. The van der Waals surface area contributed by atoms with E-state index in [1.54, 1.807) is 10.6 Å². The third-order valence-electron chi connectivity index (χ3n) is 3.63. The monoisotopic (exact) mass is 302 g/mol. The first-order chi connectivity index (χ1) is 9.77. The number of benzene rings is 2. The molecule has 2 aromatic carbocycles. The van der Waals surface area contributed by atoms with Gasteiger partial charge in [-0.25, -0.2) is 0 Å². The first-order valence-electron chi connectivity index (χ1n) is 7.30. The van der Waals surface area contributed by atoms with Gasteiger partial charge in [0.25, 0.3) is 0 Å². The van der Waals surface area contributed by atoms with E-state index < -0.39 is 0 Å². The van der Waals surface area contributed by atoms with Crippen molar-refractivity contribution in [2.24, 2.45) is 0 Å². The molecule has 0 amide bonds. The normalized spacial score (nSPS) is 13.9. The highest BCUT2D eigenvalue weighted by molar-refractivity contribution is 7.65. The summed E-state index contributed by atoms with van der Waals surface area (Å²) in [5, 5.41) is 3.09. The predicted octanol–water partition coefficient (Wildman–Crippen LogP) is 4.64. The average molecular weight is 302 g/mol. The van der Waals surface area contributed by atoms with E-state index in [1.165, 1.54) is 25.2 Å². The summed E-state index contributed by atoms with van der Waals surface area (Å²) in [5.74, 6) is 0. The molecule has 2 heteroatoms. The molecule has 0 spiro atoms. The van der Waals surface area contributed by atoms with Crippen molar-refractivity contribution in [1.29, 1.82) is 0 Å². The Morgan fingerprint density at radius 2 is 0.950 bits per heavy atom. The second-order valence-corrected chi connectivity index (χ2v) is 9.94. The minimum Gasteiger partial charge on any atom is -0.0785 e. The quantitative estimate of drug-likeness (QED) is 0.516. The topological polar surface area (TPSA) is 0 Å². The summed E-state index contributed by atoms with van der Waals surface area (Å²) in [6.45, 7) is 4.83. The second kappa shape index (κ2) is 8.56. The molecule has 0 aliphatic carbocycles. The molecule has 106 valence electrons. The lowest BCUT2D eigenvalue weighted by atomic mass is 10.4. The molecule has 20 heavy (non-hydrogen) atoms. The molecule has 0 radical (unpaired) electrons. The number of unbranched alkanes of at least 4 members (excludes halogenated alkanes) is 1. The van der Waals surface area contributed by atoms with Crippen molar-refractivity contribution in [1.82, 2.24) is 0 Å². The smallest absolute Gasteiger partial charge is 0.0243 e. The van der Waals surface area contributed by atoms with Crippen molar-refractivity contribution >= 4 is 26.5 Å². The van der Waals surface area contributed by atoms with E-state index in [1.807, 2.05) is 0 Å². The van der Waals surface area contributed by atoms with Crippen molar-refractivity contribution in [3.05, 3.63) is 60.7 Å². The molecule has 0 aliphatic heterocycles. The summed E-state index contributed by atoms with van der Waals surface area (Å²) in [7, 11) is 0.0928. The molecule has 2 aromatic rings. The zero-order chi connectivity index (χ0) is 14.2. The summed E-state index contributed by atoms with van der Waals surface area (Å²) in [4.78, 5) is 0. The molecule has 0 saturated carbocycles. The van der Waals surface area contributed by atoms with Crippen LogP contribution in [0.25, 0.3) is 0 Å². The Morgan fingerprint density at radius 1 is 0.600 bits per heavy atom. The third-order valence-corrected chi connectivity index (χ3v) is 7.96. The van der Waals surface area contributed by atoms with Gasteiger partial charge in [0.2, 0.25) is 0 Å². The average Bonchev–Trinajstić information content (AvgIpc) is 2.53. The van der Waals surface area contributed by atoms with E-state index in [4.69, 9.17) is 0 Å². The van der Waals surface area contributed by atoms with Gasteiger partial charge in [-0.1, -0.05) is 76.5 Å². The Labute approximate surface area is 126 Å². The van der Waals surface area contributed by atoms with Crippen LogP contribution >= 0.6 is 15.8 Å². The molecule has 2 unspecified atom stereocenters. The van der Waals surface area contributed by atoms with Gasteiger partial charge in [0.1, 0.15) is 0 Å². The van der Waals surface area contributed by atoms with Gasteiger partial charge in [0, 0.05) is 0 Å². The van der Waals surface area contributed by atoms with E-state index in [-0.39, 0.29) is 15.8 Å². The summed E-state index contributed by atoms with van der Waals surface area (Å²) < 4.78 is 0. The summed E-state index contributed by atoms with van der Waals surface area (Å²) in [6.07, 6.45) is 5.49. The fourth-order valence-corrected chi connectivity index (χ4v) is 5.60. The molecular formula is C18H24P2. The maximum Gasteiger partial charge on any atom is -0.0243 e. The Bertz CT molecular complexity index is 434. The largest absolute Gasteiger partial charge is 0.0785 e. The number of hydrogen-bond donors (Lipinski definition) is 0. The van der Waals surface area contributed by atoms with E-state index in [0.717, 1.165) is 0 Å². The third kappa shape index (κ3) is 5.01. The molecule has 0 fully saturated rings. The summed E-state index contributed by atoms with van der Waals surface area (Å²) in [6, 6.07) is 22.0. The molecule has 0 bridgehead atoms. The van der Waals surface area contributed by atoms with Crippen molar-refractivity contribution < 1.29 is 0 Å². The van der Waals surface area contributed by atoms with Crippen LogP contribution in [0.15, 0.2) is 60.7 Å². The van der Waals surface area contributed by atoms with Gasteiger partial charge in [-0.2, -0.15) is 0 Å². The lowest BCUT2D eigenvalue weighted by molar-refractivity contribution is 0.900. The van der Waals surface area contributed by atoms with Crippen LogP contribution in [0.3, 0.4) is 0 Å². The molecule has 2 rings (SSSR count). The standard InChI is InChI=1S/C18H24P2/c1-19(17-11-5-3-6-12-17)15-9-10-16-20(2)18-13-7-4-8-14-18/h3-8,11-14H,9-10,15-16H2,1-2H3. The molecule has 0 aliphatic rings. The SMILES string of the molecule is CP(CCCCP(C)c1ccccc1)c1ccccc1. The zero-order valence-electron chi connectivity index (χ0n) is 12.5. The van der Waals surface area contributed by atoms with Crippen LogP contribution in [0.1, 0.15) is 12.8 Å². The van der Waals surface area contributed by atoms with Crippen LogP contribution in [-0.2, 0) is 0 Å². The van der Waals surface area contributed by atoms with Crippen LogP contribution in [0, 0.1) is 0 Å². The fraction of sp³-hybridized carbons (Fsp3) is 0.333. The van der Waals surface area contributed by atoms with E-state index >= 15 is 0 Å². The maximum absolute atomic E-state index is 2.41. The highest BCUT2D eigenvalue weighted by atomic mass is 31.1. The van der Waals surface area contributed by atoms with Crippen LogP contribution < -0.4 is 10.6 Å². The lowest BCUT2D eigenvalue weighted by Gasteiger charge is -2.15. The zero-order valence-corrected chi connectivity index (χ0v) is 14.3. The highest BCUT2D eigenvalue weighted by Gasteiger charge is 2.06. The Kier molecular flexibility index (Phi) is 6.71. The van der Waals surface area contributed by atoms with Gasteiger partial charge in [-0.05, 0) is 49.1 Å². The van der Waals surface area contributed by atoms with Crippen molar-refractivity contribution in [3.63, 3.8) is 0 Å². The maximum atomic E-state index is 2.41. The minimum absolute atomic E-state index is 0.0464. The molecule has 0 saturated heterocycles. The van der Waals surface area contributed by atoms with Crippen molar-refractivity contribution in [3.8, 4) is 0 Å². The molecule has 0 aromatic heterocycles. The molecular weight excluding hydrogens is 278 g/mol. The van der Waals surface area contributed by atoms with Gasteiger partial charge >= 0.3 is 0 Å². The van der Waals surface area contributed by atoms with Crippen LogP contribution in [0.4, 0.5) is 0 Å². The second-order valence-electron chi connectivity index (χ2n) is 5.22. The van der Waals surface area contributed by atoms with Crippen molar-refractivity contribution in [2.75, 3.05) is 25.7 Å². The Hall–Kier alpha value is -0.700. The lowest BCUT2D eigenvalue weighted by Crippen LogP contribution is -2.04. The number of hydrogen-bond acceptors (Lipinski definition) is 0. The highest BCUT2D eigenvalue weighted by Crippen LogP contribution is 2.34. The molecule has 2 atom stereocenters. The fourth-order valence-electron chi connectivity index (χ4n) is 2.32. The molecule has 0 nitrogen and oxygen atoms in total. The van der Waals surface area contributed by atoms with E-state index in [0.29, 0.717) is 0 Å². The van der Waals surface area contributed by atoms with Crippen LogP contribution in [0.5, 0.6) is 0 Å². The molecule has 0 N–H and O–H groups in total. The van der Waals surface area contributed by atoms with E-state index in [9.17, 15) is 0 Å². The van der Waals surface area contributed by atoms with Crippen molar-refractivity contribution in [2.45, 2.75) is 12.8 Å². The Balaban J connectivity index is 1.69. The first-order valence-corrected chi connectivity index (χ1v) is 11.2. The van der Waals surface area contributed by atoms with E-state index in [2.05, 4.69) is 74.0 Å².